The van der Waals surface area contributed by atoms with E-state index >= 15 is 0 Å². The third-order valence-electron chi connectivity index (χ3n) is 3.00. The molecule has 0 bridgehead atoms. The Bertz CT molecular complexity index is 187. The summed E-state index contributed by atoms with van der Waals surface area (Å²) in [4.78, 5) is 12.8. The predicted octanol–water partition coefficient (Wildman–Crippen LogP) is 3.87. The summed E-state index contributed by atoms with van der Waals surface area (Å²) < 4.78 is 0. The summed E-state index contributed by atoms with van der Waals surface area (Å²) in [5.41, 5.74) is 0.464. The van der Waals surface area contributed by atoms with Gasteiger partial charge in [-0.15, -0.1) is 6.58 Å². The van der Waals surface area contributed by atoms with Crippen molar-refractivity contribution < 1.29 is 4.79 Å². The fourth-order valence-corrected chi connectivity index (χ4v) is 1.68. The van der Waals surface area contributed by atoms with Crippen molar-refractivity contribution >= 4 is 5.91 Å². The monoisotopic (exact) mass is 227 g/mol. The summed E-state index contributed by atoms with van der Waals surface area (Å²) in [6, 6.07) is 0. The molecule has 0 atom stereocenters. The van der Waals surface area contributed by atoms with E-state index in [0.717, 1.165) is 13.1 Å². The van der Waals surface area contributed by atoms with Gasteiger partial charge in [0.15, 0.2) is 0 Å². The molecule has 0 spiro atoms. The van der Waals surface area contributed by atoms with Crippen LogP contribution in [0.3, 0.4) is 0 Å². The van der Waals surface area contributed by atoms with Crippen molar-refractivity contribution in [1.29, 1.82) is 0 Å². The lowest BCUT2D eigenvalue weighted by Crippen LogP contribution is -2.57. The second-order valence-electron chi connectivity index (χ2n) is 3.99. The minimum Gasteiger partial charge on any atom is -0.342 e. The molecule has 0 saturated carbocycles. The minimum absolute atomic E-state index is 0.225. The van der Waals surface area contributed by atoms with Gasteiger partial charge in [-0.25, -0.2) is 0 Å². The van der Waals surface area contributed by atoms with E-state index in [1.165, 1.54) is 12.8 Å². The van der Waals surface area contributed by atoms with Crippen LogP contribution in [-0.2, 0) is 4.79 Å². The molecule has 16 heavy (non-hydrogen) atoms. The van der Waals surface area contributed by atoms with E-state index in [1.54, 1.807) is 13.0 Å². The van der Waals surface area contributed by atoms with Crippen molar-refractivity contribution in [1.82, 2.24) is 4.90 Å². The van der Waals surface area contributed by atoms with Crippen LogP contribution in [0.1, 0.15) is 54.4 Å². The molecule has 2 nitrogen and oxygen atoms in total. The molecule has 0 unspecified atom stereocenters. The first-order valence-electron chi connectivity index (χ1n) is 6.37. The maximum atomic E-state index is 10.9. The fourth-order valence-electron chi connectivity index (χ4n) is 1.68. The van der Waals surface area contributed by atoms with E-state index in [1.807, 2.05) is 25.7 Å². The molecule has 1 amide bonds. The number of hydrogen-bond acceptors (Lipinski definition) is 1. The van der Waals surface area contributed by atoms with Crippen molar-refractivity contribution in [2.24, 2.45) is 5.41 Å². The number of likely N-dealkylation sites (tertiary alicyclic amines) is 1. The molecule has 2 heteroatoms. The largest absolute Gasteiger partial charge is 0.342 e. The van der Waals surface area contributed by atoms with Crippen molar-refractivity contribution in [2.45, 2.75) is 54.4 Å². The Balaban J connectivity index is 0. The number of nitrogens with zero attached hydrogens (tertiary/aromatic N) is 1. The highest BCUT2D eigenvalue weighted by atomic mass is 16.2. The molecule has 1 fully saturated rings. The molecule has 1 heterocycles. The average molecular weight is 227 g/mol. The van der Waals surface area contributed by atoms with Crippen LogP contribution in [0.4, 0.5) is 0 Å². The lowest BCUT2D eigenvalue weighted by molar-refractivity contribution is -0.141. The van der Waals surface area contributed by atoms with E-state index in [4.69, 9.17) is 0 Å². The number of hydrogen-bond donors (Lipinski definition) is 0. The molecule has 1 rings (SSSR count). The third kappa shape index (κ3) is 5.34. The van der Waals surface area contributed by atoms with Gasteiger partial charge in [0, 0.05) is 25.4 Å². The first-order chi connectivity index (χ1) is 7.55. The molecular weight excluding hydrogens is 198 g/mol. The number of carbonyl (C=O) groups is 1. The molecule has 0 aromatic heterocycles. The summed E-state index contributed by atoms with van der Waals surface area (Å²) in [5, 5.41) is 0. The zero-order chi connectivity index (χ0) is 13.2. The van der Waals surface area contributed by atoms with Crippen LogP contribution in [0.2, 0.25) is 0 Å². The molecule has 1 aliphatic rings. The number of amides is 1. The maximum absolute atomic E-state index is 10.9. The average Bonchev–Trinajstić information content (AvgIpc) is 2.21. The lowest BCUT2D eigenvalue weighted by Gasteiger charge is -2.49. The third-order valence-corrected chi connectivity index (χ3v) is 3.00. The van der Waals surface area contributed by atoms with E-state index < -0.39 is 0 Å². The van der Waals surface area contributed by atoms with Crippen molar-refractivity contribution in [3.05, 3.63) is 12.7 Å². The molecule has 1 aliphatic heterocycles. The van der Waals surface area contributed by atoms with Gasteiger partial charge in [0.1, 0.15) is 0 Å². The van der Waals surface area contributed by atoms with Crippen LogP contribution < -0.4 is 0 Å². The van der Waals surface area contributed by atoms with Crippen LogP contribution in [0, 0.1) is 5.41 Å². The normalized spacial score (nSPS) is 15.8. The fraction of sp³-hybridized carbons (Fsp3) is 0.786. The molecule has 0 radical (unpaired) electrons. The topological polar surface area (TPSA) is 20.3 Å². The van der Waals surface area contributed by atoms with Gasteiger partial charge < -0.3 is 4.90 Å². The molecule has 0 aliphatic carbocycles. The van der Waals surface area contributed by atoms with Crippen LogP contribution in [0.5, 0.6) is 0 Å². The first-order valence-corrected chi connectivity index (χ1v) is 6.37. The van der Waals surface area contributed by atoms with Crippen LogP contribution in [-0.4, -0.2) is 23.9 Å². The quantitative estimate of drug-likeness (QED) is 0.656. The molecule has 0 aromatic carbocycles. The Hall–Kier alpha value is -0.790. The maximum Gasteiger partial charge on any atom is 0.219 e. The van der Waals surface area contributed by atoms with Gasteiger partial charge in [0.2, 0.25) is 5.91 Å². The number of carbonyl (C=O) groups excluding carboxylic acids is 1. The Kier molecular flexibility index (Phi) is 10.4. The molecule has 1 saturated heterocycles. The lowest BCUT2D eigenvalue weighted by atomic mass is 9.75. The summed E-state index contributed by atoms with van der Waals surface area (Å²) in [6.07, 6.45) is 4.15. The Morgan fingerprint density at radius 3 is 1.81 bits per heavy atom. The van der Waals surface area contributed by atoms with Crippen molar-refractivity contribution in [3.63, 3.8) is 0 Å². The van der Waals surface area contributed by atoms with E-state index in [2.05, 4.69) is 20.4 Å². The van der Waals surface area contributed by atoms with E-state index in [-0.39, 0.29) is 5.91 Å². The van der Waals surface area contributed by atoms with Gasteiger partial charge in [-0.2, -0.15) is 0 Å². The van der Waals surface area contributed by atoms with Gasteiger partial charge in [-0.3, -0.25) is 4.79 Å². The van der Waals surface area contributed by atoms with E-state index in [9.17, 15) is 4.79 Å². The Morgan fingerprint density at radius 1 is 1.31 bits per heavy atom. The van der Waals surface area contributed by atoms with Crippen LogP contribution in [0.25, 0.3) is 0 Å². The minimum atomic E-state index is 0.225. The smallest absolute Gasteiger partial charge is 0.219 e. The summed E-state index contributed by atoms with van der Waals surface area (Å²) in [7, 11) is 0. The van der Waals surface area contributed by atoms with E-state index in [0.29, 0.717) is 5.41 Å². The first kappa shape index (κ1) is 17.6. The zero-order valence-electron chi connectivity index (χ0n) is 12.0. The molecule has 96 valence electrons. The molecular formula is C14H29NO. The van der Waals surface area contributed by atoms with Crippen LogP contribution >= 0.6 is 0 Å². The second kappa shape index (κ2) is 9.44. The highest BCUT2D eigenvalue weighted by Gasteiger charge is 2.40. The van der Waals surface area contributed by atoms with Gasteiger partial charge in [-0.05, 0) is 19.8 Å². The summed E-state index contributed by atoms with van der Waals surface area (Å²) >= 11 is 0. The predicted molar refractivity (Wildman–Crippen MR) is 72.5 cm³/mol. The highest BCUT2D eigenvalue weighted by Crippen LogP contribution is 2.36. The van der Waals surface area contributed by atoms with Gasteiger partial charge >= 0.3 is 0 Å². The van der Waals surface area contributed by atoms with Gasteiger partial charge in [-0.1, -0.05) is 33.8 Å². The number of rotatable bonds is 2. The Labute approximate surface area is 102 Å². The Morgan fingerprint density at radius 2 is 1.62 bits per heavy atom. The molecule has 0 aromatic rings. The standard InChI is InChI=1S/C9H17NO.C3H6.C2H6/c1-4-9(5-2)6-10(7-9)8(3)11;1-3-2;1-2/h4-7H2,1-3H3;3H,1H2,2H3;1-2H3. The van der Waals surface area contributed by atoms with Crippen molar-refractivity contribution in [3.8, 4) is 0 Å². The van der Waals surface area contributed by atoms with Crippen molar-refractivity contribution in [2.75, 3.05) is 13.1 Å². The van der Waals surface area contributed by atoms with Gasteiger partial charge in [0.25, 0.3) is 0 Å². The summed E-state index contributed by atoms with van der Waals surface area (Å²) in [5.74, 6) is 0.225. The van der Waals surface area contributed by atoms with Crippen LogP contribution in [0.15, 0.2) is 12.7 Å². The SMILES string of the molecule is C=CC.CC.CCC1(CC)CN(C(C)=O)C1. The number of allylic oxidation sites excluding steroid dienone is 1. The highest BCUT2D eigenvalue weighted by molar-refractivity contribution is 5.74. The second-order valence-corrected chi connectivity index (χ2v) is 3.99. The zero-order valence-corrected chi connectivity index (χ0v) is 12.0. The summed E-state index contributed by atoms with van der Waals surface area (Å²) in [6.45, 7) is 17.3. The molecule has 0 N–H and O–H groups in total. The van der Waals surface area contributed by atoms with Gasteiger partial charge in [0.05, 0.1) is 0 Å².